The van der Waals surface area contributed by atoms with Crippen molar-refractivity contribution in [3.05, 3.63) is 18.2 Å². The van der Waals surface area contributed by atoms with Gasteiger partial charge in [-0.15, -0.1) is 0 Å². The van der Waals surface area contributed by atoms with E-state index in [1.165, 1.54) is 0 Å². The quantitative estimate of drug-likeness (QED) is 0.842. The van der Waals surface area contributed by atoms with Gasteiger partial charge in [-0.25, -0.2) is 0 Å². The van der Waals surface area contributed by atoms with Crippen molar-refractivity contribution in [2.24, 2.45) is 0 Å². The molecule has 1 aliphatic rings. The topological polar surface area (TPSA) is 46.6 Å². The number of hydrogen-bond donors (Lipinski definition) is 1. The first-order valence-corrected chi connectivity index (χ1v) is 6.44. The molecule has 0 aromatic carbocycles. The van der Waals surface area contributed by atoms with Gasteiger partial charge in [-0.3, -0.25) is 0 Å². The minimum absolute atomic E-state index is 0.223. The highest BCUT2D eigenvalue weighted by Crippen LogP contribution is 2.18. The Morgan fingerprint density at radius 1 is 1.56 bits per heavy atom. The Bertz CT molecular complexity index is 371. The molecule has 2 heterocycles. The van der Waals surface area contributed by atoms with Crippen molar-refractivity contribution in [2.75, 3.05) is 44.8 Å². The van der Waals surface area contributed by atoms with Crippen molar-refractivity contribution in [3.63, 3.8) is 0 Å². The van der Waals surface area contributed by atoms with Gasteiger partial charge < -0.3 is 19.7 Å². The maximum atomic E-state index is 5.68. The molecule has 0 aliphatic carbocycles. The van der Waals surface area contributed by atoms with E-state index in [-0.39, 0.29) is 6.10 Å². The molecule has 100 valence electrons. The lowest BCUT2D eigenvalue weighted by Crippen LogP contribution is -2.46. The molecule has 5 heteroatoms. The molecule has 1 atom stereocenters. The highest BCUT2D eigenvalue weighted by molar-refractivity contribution is 5.41. The second-order valence-electron chi connectivity index (χ2n) is 4.26. The summed E-state index contributed by atoms with van der Waals surface area (Å²) in [5.41, 5.74) is 0. The van der Waals surface area contributed by atoms with Crippen LogP contribution < -0.4 is 15.0 Å². The molecule has 2 rings (SSSR count). The molecule has 0 spiro atoms. The summed E-state index contributed by atoms with van der Waals surface area (Å²) in [7, 11) is 1.94. The van der Waals surface area contributed by atoms with Crippen LogP contribution in [-0.2, 0) is 4.74 Å². The molecule has 0 amide bonds. The molecule has 1 aromatic heterocycles. The Morgan fingerprint density at radius 3 is 3.22 bits per heavy atom. The molecular weight excluding hydrogens is 230 g/mol. The Hall–Kier alpha value is -1.33. The molecule has 1 fully saturated rings. The number of aromatic nitrogens is 1. The van der Waals surface area contributed by atoms with E-state index in [4.69, 9.17) is 9.47 Å². The van der Waals surface area contributed by atoms with Crippen molar-refractivity contribution in [2.45, 2.75) is 13.0 Å². The number of nitrogens with zero attached hydrogens (tertiary/aromatic N) is 2. The van der Waals surface area contributed by atoms with Crippen LogP contribution in [0.5, 0.6) is 5.88 Å². The second kappa shape index (κ2) is 6.56. The third-order valence-corrected chi connectivity index (χ3v) is 2.90. The SMILES string of the molecule is CCOc1cccc(N2CCOC(CNC)C2)n1. The fourth-order valence-corrected chi connectivity index (χ4v) is 2.09. The number of ether oxygens (including phenoxy) is 2. The van der Waals surface area contributed by atoms with E-state index < -0.39 is 0 Å². The molecule has 1 aromatic rings. The van der Waals surface area contributed by atoms with Crippen LogP contribution in [0.3, 0.4) is 0 Å². The van der Waals surface area contributed by atoms with Crippen molar-refractivity contribution in [3.8, 4) is 5.88 Å². The number of rotatable bonds is 5. The summed E-state index contributed by atoms with van der Waals surface area (Å²) in [4.78, 5) is 6.75. The average Bonchev–Trinajstić information content (AvgIpc) is 2.40. The van der Waals surface area contributed by atoms with E-state index in [1.54, 1.807) is 0 Å². The second-order valence-corrected chi connectivity index (χ2v) is 4.26. The van der Waals surface area contributed by atoms with Crippen LogP contribution in [0.25, 0.3) is 0 Å². The molecule has 0 saturated carbocycles. The molecule has 18 heavy (non-hydrogen) atoms. The zero-order chi connectivity index (χ0) is 12.8. The van der Waals surface area contributed by atoms with Crippen LogP contribution in [0.15, 0.2) is 18.2 Å². The monoisotopic (exact) mass is 251 g/mol. The normalized spacial score (nSPS) is 19.9. The first kappa shape index (κ1) is 13.1. The summed E-state index contributed by atoms with van der Waals surface area (Å²) in [5, 5.41) is 3.14. The van der Waals surface area contributed by atoms with Crippen LogP contribution in [0.4, 0.5) is 5.82 Å². The Morgan fingerprint density at radius 2 is 2.44 bits per heavy atom. The van der Waals surface area contributed by atoms with Gasteiger partial charge in [-0.05, 0) is 20.0 Å². The molecule has 0 bridgehead atoms. The van der Waals surface area contributed by atoms with Gasteiger partial charge in [0.1, 0.15) is 5.82 Å². The van der Waals surface area contributed by atoms with E-state index in [1.807, 2.05) is 32.2 Å². The molecule has 1 aliphatic heterocycles. The summed E-state index contributed by atoms with van der Waals surface area (Å²) in [5.74, 6) is 1.65. The highest BCUT2D eigenvalue weighted by Gasteiger charge is 2.20. The first-order chi connectivity index (χ1) is 8.83. The van der Waals surface area contributed by atoms with Crippen LogP contribution >= 0.6 is 0 Å². The van der Waals surface area contributed by atoms with Gasteiger partial charge in [0, 0.05) is 25.7 Å². The molecule has 1 N–H and O–H groups in total. The zero-order valence-electron chi connectivity index (χ0n) is 11.1. The van der Waals surface area contributed by atoms with Gasteiger partial charge in [-0.1, -0.05) is 6.07 Å². The van der Waals surface area contributed by atoms with Gasteiger partial charge >= 0.3 is 0 Å². The minimum Gasteiger partial charge on any atom is -0.478 e. The van der Waals surface area contributed by atoms with E-state index in [0.29, 0.717) is 12.5 Å². The summed E-state index contributed by atoms with van der Waals surface area (Å²) in [6, 6.07) is 5.89. The maximum Gasteiger partial charge on any atom is 0.215 e. The van der Waals surface area contributed by atoms with Crippen molar-refractivity contribution >= 4 is 5.82 Å². The van der Waals surface area contributed by atoms with E-state index in [2.05, 4.69) is 15.2 Å². The lowest BCUT2D eigenvalue weighted by molar-refractivity contribution is 0.0418. The Labute approximate surface area is 108 Å². The molecule has 1 saturated heterocycles. The van der Waals surface area contributed by atoms with Crippen molar-refractivity contribution < 1.29 is 9.47 Å². The number of anilines is 1. The molecule has 1 unspecified atom stereocenters. The molecule has 5 nitrogen and oxygen atoms in total. The summed E-state index contributed by atoms with van der Waals surface area (Å²) < 4.78 is 11.1. The van der Waals surface area contributed by atoms with Gasteiger partial charge in [0.25, 0.3) is 0 Å². The van der Waals surface area contributed by atoms with Crippen LogP contribution in [0.1, 0.15) is 6.92 Å². The first-order valence-electron chi connectivity index (χ1n) is 6.44. The summed E-state index contributed by atoms with van der Waals surface area (Å²) in [6.45, 7) is 5.95. The van der Waals surface area contributed by atoms with Crippen molar-refractivity contribution in [1.29, 1.82) is 0 Å². The fourth-order valence-electron chi connectivity index (χ4n) is 2.09. The van der Waals surface area contributed by atoms with E-state index in [9.17, 15) is 0 Å². The lowest BCUT2D eigenvalue weighted by Gasteiger charge is -2.33. The van der Waals surface area contributed by atoms with Gasteiger partial charge in [-0.2, -0.15) is 4.98 Å². The third-order valence-electron chi connectivity index (χ3n) is 2.90. The number of hydrogen-bond acceptors (Lipinski definition) is 5. The number of morpholine rings is 1. The zero-order valence-corrected chi connectivity index (χ0v) is 11.1. The van der Waals surface area contributed by atoms with Crippen LogP contribution in [-0.4, -0.2) is 51.0 Å². The summed E-state index contributed by atoms with van der Waals surface area (Å²) in [6.07, 6.45) is 0.223. The van der Waals surface area contributed by atoms with E-state index in [0.717, 1.165) is 32.1 Å². The molecular formula is C13H21N3O2. The summed E-state index contributed by atoms with van der Waals surface area (Å²) >= 11 is 0. The Kier molecular flexibility index (Phi) is 4.78. The Balaban J connectivity index is 2.03. The third kappa shape index (κ3) is 3.34. The number of pyridine rings is 1. The van der Waals surface area contributed by atoms with Crippen LogP contribution in [0.2, 0.25) is 0 Å². The minimum atomic E-state index is 0.223. The van der Waals surface area contributed by atoms with E-state index >= 15 is 0 Å². The largest absolute Gasteiger partial charge is 0.478 e. The predicted octanol–water partition coefficient (Wildman–Crippen LogP) is 0.905. The predicted molar refractivity (Wildman–Crippen MR) is 71.3 cm³/mol. The highest BCUT2D eigenvalue weighted by atomic mass is 16.5. The molecule has 0 radical (unpaired) electrons. The smallest absolute Gasteiger partial charge is 0.215 e. The number of nitrogens with one attached hydrogen (secondary N) is 1. The van der Waals surface area contributed by atoms with Gasteiger partial charge in [0.05, 0.1) is 19.3 Å². The fraction of sp³-hybridized carbons (Fsp3) is 0.615. The van der Waals surface area contributed by atoms with Gasteiger partial charge in [0.15, 0.2) is 0 Å². The van der Waals surface area contributed by atoms with Crippen LogP contribution in [0, 0.1) is 0 Å². The lowest BCUT2D eigenvalue weighted by atomic mass is 10.2. The van der Waals surface area contributed by atoms with Crippen molar-refractivity contribution in [1.82, 2.24) is 10.3 Å². The number of likely N-dealkylation sites (N-methyl/N-ethyl adjacent to an activating group) is 1. The van der Waals surface area contributed by atoms with Gasteiger partial charge in [0.2, 0.25) is 5.88 Å². The standard InChI is InChI=1S/C13H21N3O2/c1-3-17-13-6-4-5-12(15-13)16-7-8-18-11(10-16)9-14-2/h4-6,11,14H,3,7-10H2,1-2H3. The maximum absolute atomic E-state index is 5.68. The average molecular weight is 251 g/mol.